The summed E-state index contributed by atoms with van der Waals surface area (Å²) >= 11 is 0. The Balaban J connectivity index is 1.89. The molecular weight excluding hydrogens is 244 g/mol. The van der Waals surface area contributed by atoms with Crippen molar-refractivity contribution in [1.82, 2.24) is 10.2 Å². The number of nitrogens with zero attached hydrogens (tertiary/aromatic N) is 1. The zero-order valence-corrected chi connectivity index (χ0v) is 11.8. The molecule has 5 nitrogen and oxygen atoms in total. The Labute approximate surface area is 114 Å². The average Bonchev–Trinajstić information content (AvgIpc) is 2.74. The van der Waals surface area contributed by atoms with Gasteiger partial charge < -0.3 is 15.3 Å². The molecule has 3 atom stereocenters. The zero-order valence-electron chi connectivity index (χ0n) is 11.8. The van der Waals surface area contributed by atoms with Gasteiger partial charge in [-0.15, -0.1) is 0 Å². The minimum absolute atomic E-state index is 0.0549. The van der Waals surface area contributed by atoms with Gasteiger partial charge in [0.15, 0.2) is 0 Å². The number of hydrogen-bond donors (Lipinski definition) is 2. The minimum Gasteiger partial charge on any atom is -0.391 e. The number of carbonyl (C=O) groups excluding carboxylic acids is 2. The number of aliphatic hydroxyl groups is 1. The van der Waals surface area contributed by atoms with Crippen LogP contribution in [0.25, 0.3) is 0 Å². The standard InChI is InChI=1S/C14H24N2O3/c1-9(2)16-8-10(7-13(16)18)14(19)15-11-5-3-4-6-12(11)17/h9-12,17H,3-8H2,1-2H3,(H,15,19). The third-order valence-corrected chi connectivity index (χ3v) is 4.21. The van der Waals surface area contributed by atoms with E-state index in [0.29, 0.717) is 13.0 Å². The molecule has 5 heteroatoms. The van der Waals surface area contributed by atoms with E-state index >= 15 is 0 Å². The second-order valence-electron chi connectivity index (χ2n) is 6.01. The van der Waals surface area contributed by atoms with Gasteiger partial charge in [0.05, 0.1) is 18.1 Å². The fourth-order valence-electron chi connectivity index (χ4n) is 2.99. The molecule has 0 aromatic carbocycles. The highest BCUT2D eigenvalue weighted by Gasteiger charge is 2.37. The number of rotatable bonds is 3. The van der Waals surface area contributed by atoms with Gasteiger partial charge in [0.2, 0.25) is 11.8 Å². The molecule has 2 amide bonds. The van der Waals surface area contributed by atoms with E-state index in [0.717, 1.165) is 25.7 Å². The molecule has 0 bridgehead atoms. The zero-order chi connectivity index (χ0) is 14.0. The topological polar surface area (TPSA) is 69.6 Å². The van der Waals surface area contributed by atoms with Crippen LogP contribution in [0.5, 0.6) is 0 Å². The molecule has 1 saturated carbocycles. The number of carbonyl (C=O) groups is 2. The summed E-state index contributed by atoms with van der Waals surface area (Å²) in [5.41, 5.74) is 0. The van der Waals surface area contributed by atoms with Gasteiger partial charge in [0.25, 0.3) is 0 Å². The fourth-order valence-corrected chi connectivity index (χ4v) is 2.99. The van der Waals surface area contributed by atoms with Gasteiger partial charge in [-0.05, 0) is 26.7 Å². The molecule has 2 fully saturated rings. The van der Waals surface area contributed by atoms with Crippen molar-refractivity contribution in [2.45, 2.75) is 64.1 Å². The van der Waals surface area contributed by atoms with E-state index in [1.165, 1.54) is 0 Å². The first-order chi connectivity index (χ1) is 8.99. The van der Waals surface area contributed by atoms with Gasteiger partial charge in [-0.2, -0.15) is 0 Å². The highest BCUT2D eigenvalue weighted by Crippen LogP contribution is 2.22. The molecule has 0 aromatic heterocycles. The van der Waals surface area contributed by atoms with Crippen LogP contribution in [0.2, 0.25) is 0 Å². The Hall–Kier alpha value is -1.10. The van der Waals surface area contributed by atoms with Gasteiger partial charge >= 0.3 is 0 Å². The van der Waals surface area contributed by atoms with Crippen molar-refractivity contribution in [2.75, 3.05) is 6.54 Å². The van der Waals surface area contributed by atoms with Gasteiger partial charge in [0, 0.05) is 19.0 Å². The van der Waals surface area contributed by atoms with Crippen LogP contribution in [0.3, 0.4) is 0 Å². The lowest BCUT2D eigenvalue weighted by molar-refractivity contribution is -0.130. The monoisotopic (exact) mass is 268 g/mol. The first-order valence-corrected chi connectivity index (χ1v) is 7.27. The Morgan fingerprint density at radius 1 is 1.37 bits per heavy atom. The second-order valence-corrected chi connectivity index (χ2v) is 6.01. The van der Waals surface area contributed by atoms with Crippen molar-refractivity contribution in [3.05, 3.63) is 0 Å². The van der Waals surface area contributed by atoms with Crippen molar-refractivity contribution in [1.29, 1.82) is 0 Å². The third-order valence-electron chi connectivity index (χ3n) is 4.21. The van der Waals surface area contributed by atoms with Crippen LogP contribution in [-0.2, 0) is 9.59 Å². The molecule has 0 aromatic rings. The van der Waals surface area contributed by atoms with E-state index in [2.05, 4.69) is 5.32 Å². The van der Waals surface area contributed by atoms with E-state index in [-0.39, 0.29) is 29.8 Å². The number of likely N-dealkylation sites (tertiary alicyclic amines) is 1. The van der Waals surface area contributed by atoms with Crippen molar-refractivity contribution in [2.24, 2.45) is 5.92 Å². The van der Waals surface area contributed by atoms with Crippen LogP contribution in [-0.4, -0.2) is 46.6 Å². The van der Waals surface area contributed by atoms with Gasteiger partial charge in [-0.1, -0.05) is 12.8 Å². The molecule has 19 heavy (non-hydrogen) atoms. The summed E-state index contributed by atoms with van der Waals surface area (Å²) in [7, 11) is 0. The van der Waals surface area contributed by atoms with Crippen LogP contribution < -0.4 is 5.32 Å². The van der Waals surface area contributed by atoms with E-state index in [1.54, 1.807) is 4.90 Å². The smallest absolute Gasteiger partial charge is 0.225 e. The predicted molar refractivity (Wildman–Crippen MR) is 71.4 cm³/mol. The highest BCUT2D eigenvalue weighted by molar-refractivity contribution is 5.89. The van der Waals surface area contributed by atoms with Crippen molar-refractivity contribution in [3.8, 4) is 0 Å². The van der Waals surface area contributed by atoms with Crippen LogP contribution in [0.1, 0.15) is 46.0 Å². The van der Waals surface area contributed by atoms with E-state index in [9.17, 15) is 14.7 Å². The van der Waals surface area contributed by atoms with Gasteiger partial charge in [-0.25, -0.2) is 0 Å². The predicted octanol–water partition coefficient (Wildman–Crippen LogP) is 0.663. The lowest BCUT2D eigenvalue weighted by Gasteiger charge is -2.29. The Morgan fingerprint density at radius 2 is 2.05 bits per heavy atom. The number of amides is 2. The lowest BCUT2D eigenvalue weighted by atomic mass is 9.92. The largest absolute Gasteiger partial charge is 0.391 e. The first kappa shape index (κ1) is 14.3. The fraction of sp³-hybridized carbons (Fsp3) is 0.857. The molecule has 3 unspecified atom stereocenters. The minimum atomic E-state index is -0.434. The van der Waals surface area contributed by atoms with Crippen LogP contribution in [0.15, 0.2) is 0 Å². The van der Waals surface area contributed by atoms with E-state index < -0.39 is 6.10 Å². The maximum Gasteiger partial charge on any atom is 0.225 e. The number of nitrogens with one attached hydrogen (secondary N) is 1. The van der Waals surface area contributed by atoms with Crippen LogP contribution in [0.4, 0.5) is 0 Å². The molecule has 108 valence electrons. The number of aliphatic hydroxyl groups excluding tert-OH is 1. The van der Waals surface area contributed by atoms with Gasteiger partial charge in [0.1, 0.15) is 0 Å². The van der Waals surface area contributed by atoms with Crippen molar-refractivity contribution in [3.63, 3.8) is 0 Å². The Kier molecular flexibility index (Phi) is 4.45. The SMILES string of the molecule is CC(C)N1CC(C(=O)NC2CCCCC2O)CC1=O. The van der Waals surface area contributed by atoms with Crippen molar-refractivity contribution < 1.29 is 14.7 Å². The molecule has 1 aliphatic carbocycles. The summed E-state index contributed by atoms with van der Waals surface area (Å²) in [6, 6.07) is 0.00928. The molecule has 2 aliphatic rings. The Bertz CT molecular complexity index is 357. The maximum absolute atomic E-state index is 12.2. The second kappa shape index (κ2) is 5.90. The lowest BCUT2D eigenvalue weighted by Crippen LogP contribution is -2.47. The molecule has 1 heterocycles. The highest BCUT2D eigenvalue weighted by atomic mass is 16.3. The van der Waals surface area contributed by atoms with E-state index in [4.69, 9.17) is 0 Å². The van der Waals surface area contributed by atoms with Crippen LogP contribution in [0, 0.1) is 5.92 Å². The summed E-state index contributed by atoms with van der Waals surface area (Å²) < 4.78 is 0. The normalized spacial score (nSPS) is 31.9. The summed E-state index contributed by atoms with van der Waals surface area (Å²) in [5.74, 6) is -0.286. The van der Waals surface area contributed by atoms with E-state index in [1.807, 2.05) is 13.8 Å². The number of hydrogen-bond acceptors (Lipinski definition) is 3. The van der Waals surface area contributed by atoms with Crippen molar-refractivity contribution >= 4 is 11.8 Å². The summed E-state index contributed by atoms with van der Waals surface area (Å²) in [4.78, 5) is 25.7. The molecule has 1 saturated heterocycles. The van der Waals surface area contributed by atoms with Crippen LogP contribution >= 0.6 is 0 Å². The van der Waals surface area contributed by atoms with Gasteiger partial charge in [-0.3, -0.25) is 9.59 Å². The quantitative estimate of drug-likeness (QED) is 0.790. The molecule has 2 N–H and O–H groups in total. The third kappa shape index (κ3) is 3.26. The molecule has 1 aliphatic heterocycles. The molecule has 0 spiro atoms. The maximum atomic E-state index is 12.2. The Morgan fingerprint density at radius 3 is 2.63 bits per heavy atom. The first-order valence-electron chi connectivity index (χ1n) is 7.27. The summed E-state index contributed by atoms with van der Waals surface area (Å²) in [6.45, 7) is 4.43. The molecule has 2 rings (SSSR count). The molecular formula is C14H24N2O3. The average molecular weight is 268 g/mol. The molecule has 0 radical (unpaired) electrons. The summed E-state index contributed by atoms with van der Waals surface area (Å²) in [6.07, 6.45) is 3.53. The summed E-state index contributed by atoms with van der Waals surface area (Å²) in [5, 5.41) is 12.8.